The number of nitrogens with zero attached hydrogens (tertiary/aromatic N) is 2. The fourth-order valence-corrected chi connectivity index (χ4v) is 4.61. The monoisotopic (exact) mass is 464 g/mol. The lowest BCUT2D eigenvalue weighted by atomic mass is 9.82. The Labute approximate surface area is 198 Å². The molecule has 1 fully saturated rings. The van der Waals surface area contributed by atoms with Crippen molar-refractivity contribution in [1.82, 2.24) is 9.78 Å². The number of rotatable bonds is 8. The molecule has 7 heteroatoms. The summed E-state index contributed by atoms with van der Waals surface area (Å²) in [5.74, 6) is -0.715. The first kappa shape index (κ1) is 23.8. The highest BCUT2D eigenvalue weighted by molar-refractivity contribution is 5.80. The fraction of sp³-hybridized carbons (Fsp3) is 0.370. The molecule has 6 nitrogen and oxygen atoms in total. The summed E-state index contributed by atoms with van der Waals surface area (Å²) in [4.78, 5) is 23.6. The molecular weight excluding hydrogens is 435 g/mol. The zero-order valence-electron chi connectivity index (χ0n) is 19.2. The van der Waals surface area contributed by atoms with Gasteiger partial charge < -0.3 is 9.84 Å². The number of halogens is 1. The molecule has 1 aliphatic carbocycles. The minimum Gasteiger partial charge on any atom is -0.480 e. The Morgan fingerprint density at radius 1 is 1.06 bits per heavy atom. The van der Waals surface area contributed by atoms with E-state index in [0.717, 1.165) is 36.8 Å². The molecule has 0 bridgehead atoms. The Hall–Kier alpha value is -3.32. The van der Waals surface area contributed by atoms with Gasteiger partial charge in [0.25, 0.3) is 5.56 Å². The van der Waals surface area contributed by atoms with E-state index in [9.17, 15) is 14.0 Å². The fourth-order valence-electron chi connectivity index (χ4n) is 4.61. The van der Waals surface area contributed by atoms with Crippen molar-refractivity contribution in [3.63, 3.8) is 0 Å². The van der Waals surface area contributed by atoms with E-state index in [2.05, 4.69) is 5.10 Å². The highest BCUT2D eigenvalue weighted by atomic mass is 19.1. The number of hydrogen-bond acceptors (Lipinski definition) is 4. The molecule has 2 aromatic carbocycles. The van der Waals surface area contributed by atoms with Gasteiger partial charge in [0, 0.05) is 23.7 Å². The Morgan fingerprint density at radius 2 is 1.76 bits per heavy atom. The van der Waals surface area contributed by atoms with Crippen molar-refractivity contribution in [3.05, 3.63) is 76.3 Å². The molecule has 0 atom stereocenters. The van der Waals surface area contributed by atoms with Crippen LogP contribution >= 0.6 is 0 Å². The van der Waals surface area contributed by atoms with Gasteiger partial charge in [-0.05, 0) is 67.7 Å². The van der Waals surface area contributed by atoms with Crippen LogP contribution in [-0.2, 0) is 16.1 Å². The summed E-state index contributed by atoms with van der Waals surface area (Å²) in [5, 5.41) is 13.4. The third-order valence-corrected chi connectivity index (χ3v) is 6.44. The predicted molar refractivity (Wildman–Crippen MR) is 128 cm³/mol. The number of hydrogen-bond donors (Lipinski definition) is 1. The summed E-state index contributed by atoms with van der Waals surface area (Å²) in [6.45, 7) is 2.48. The molecule has 1 aliphatic rings. The van der Waals surface area contributed by atoms with E-state index in [1.165, 1.54) is 10.7 Å². The van der Waals surface area contributed by atoms with E-state index in [-0.39, 0.29) is 23.9 Å². The van der Waals surface area contributed by atoms with Crippen LogP contribution in [0.1, 0.15) is 31.2 Å². The SMILES string of the molecule is Cc1ccc(-c2nn(C[C@H]3CC[C@@H](COCC(=O)O)CC3)c(=O)cc2-c2ccccc2)c(F)c1. The molecule has 0 spiro atoms. The zero-order valence-corrected chi connectivity index (χ0v) is 19.2. The molecular formula is C27H29FN2O4. The molecule has 178 valence electrons. The van der Waals surface area contributed by atoms with Crippen LogP contribution in [-0.4, -0.2) is 34.1 Å². The molecule has 3 aromatic rings. The molecule has 34 heavy (non-hydrogen) atoms. The first-order chi connectivity index (χ1) is 16.4. The minimum atomic E-state index is -0.959. The number of carbonyl (C=O) groups is 1. The summed E-state index contributed by atoms with van der Waals surface area (Å²) >= 11 is 0. The van der Waals surface area contributed by atoms with E-state index in [4.69, 9.17) is 9.84 Å². The second-order valence-electron chi connectivity index (χ2n) is 9.07. The summed E-state index contributed by atoms with van der Waals surface area (Å²) in [7, 11) is 0. The van der Waals surface area contributed by atoms with Gasteiger partial charge in [0.2, 0.25) is 0 Å². The van der Waals surface area contributed by atoms with Crippen molar-refractivity contribution in [2.75, 3.05) is 13.2 Å². The number of carboxylic acid groups (broad SMARTS) is 1. The lowest BCUT2D eigenvalue weighted by Crippen LogP contribution is -2.29. The maximum atomic E-state index is 14.9. The van der Waals surface area contributed by atoms with Crippen LogP contribution in [0.4, 0.5) is 4.39 Å². The largest absolute Gasteiger partial charge is 0.480 e. The number of benzene rings is 2. The quantitative estimate of drug-likeness (QED) is 0.511. The molecule has 0 amide bonds. The molecule has 0 aliphatic heterocycles. The van der Waals surface area contributed by atoms with Crippen molar-refractivity contribution in [3.8, 4) is 22.4 Å². The van der Waals surface area contributed by atoms with Crippen LogP contribution in [0.5, 0.6) is 0 Å². The lowest BCUT2D eigenvalue weighted by Gasteiger charge is -2.28. The maximum absolute atomic E-state index is 14.9. The van der Waals surface area contributed by atoms with Crippen LogP contribution in [0.3, 0.4) is 0 Å². The smallest absolute Gasteiger partial charge is 0.329 e. The lowest BCUT2D eigenvalue weighted by molar-refractivity contribution is -0.142. The predicted octanol–water partition coefficient (Wildman–Crippen LogP) is 4.93. The molecule has 0 radical (unpaired) electrons. The Balaban J connectivity index is 1.57. The van der Waals surface area contributed by atoms with Gasteiger partial charge >= 0.3 is 5.97 Å². The average Bonchev–Trinajstić information content (AvgIpc) is 2.82. The van der Waals surface area contributed by atoms with Crippen LogP contribution in [0.15, 0.2) is 59.4 Å². The number of aromatic nitrogens is 2. The molecule has 1 aromatic heterocycles. The van der Waals surface area contributed by atoms with E-state index < -0.39 is 5.97 Å². The van der Waals surface area contributed by atoms with E-state index in [1.54, 1.807) is 12.1 Å². The van der Waals surface area contributed by atoms with Gasteiger partial charge in [-0.2, -0.15) is 5.10 Å². The van der Waals surface area contributed by atoms with Crippen LogP contribution in [0, 0.1) is 24.6 Å². The van der Waals surface area contributed by atoms with Crippen molar-refractivity contribution in [2.45, 2.75) is 39.2 Å². The topological polar surface area (TPSA) is 81.4 Å². The standard InChI is InChI=1S/C27H29FN2O4/c1-18-7-12-22(24(28)13-18)27-23(21-5-3-2-4-6-21)14-25(31)30(29-27)15-19-8-10-20(11-9-19)16-34-17-26(32)33/h2-7,12-14,19-20H,8-11,15-17H2,1H3,(H,32,33)/t19-,20+. The van der Waals surface area contributed by atoms with Gasteiger partial charge in [-0.1, -0.05) is 36.4 Å². The molecule has 4 rings (SSSR count). The highest BCUT2D eigenvalue weighted by Gasteiger charge is 2.24. The van der Waals surface area contributed by atoms with Crippen LogP contribution in [0.25, 0.3) is 22.4 Å². The van der Waals surface area contributed by atoms with Gasteiger partial charge in [0.1, 0.15) is 18.1 Å². The van der Waals surface area contributed by atoms with Gasteiger partial charge in [0.15, 0.2) is 0 Å². The van der Waals surface area contributed by atoms with Gasteiger partial charge in [-0.25, -0.2) is 13.9 Å². The van der Waals surface area contributed by atoms with E-state index in [1.807, 2.05) is 43.3 Å². The molecule has 0 saturated heterocycles. The summed E-state index contributed by atoms with van der Waals surface area (Å²) in [5.41, 5.74) is 2.87. The van der Waals surface area contributed by atoms with Gasteiger partial charge in [-0.3, -0.25) is 4.79 Å². The third kappa shape index (κ3) is 5.78. The van der Waals surface area contributed by atoms with Crippen molar-refractivity contribution < 1.29 is 19.0 Å². The highest BCUT2D eigenvalue weighted by Crippen LogP contribution is 2.33. The van der Waals surface area contributed by atoms with Gasteiger partial charge in [0.05, 0.1) is 6.61 Å². The number of carboxylic acids is 1. The normalized spacial score (nSPS) is 18.1. The summed E-state index contributed by atoms with van der Waals surface area (Å²) in [6, 6.07) is 16.1. The number of aryl methyl sites for hydroxylation is 1. The van der Waals surface area contributed by atoms with E-state index >= 15 is 0 Å². The van der Waals surface area contributed by atoms with Gasteiger partial charge in [-0.15, -0.1) is 0 Å². The summed E-state index contributed by atoms with van der Waals surface area (Å²) in [6.07, 6.45) is 3.65. The van der Waals surface area contributed by atoms with Crippen molar-refractivity contribution >= 4 is 5.97 Å². The average molecular weight is 465 g/mol. The summed E-state index contributed by atoms with van der Waals surface area (Å²) < 4.78 is 21.7. The van der Waals surface area contributed by atoms with Crippen LogP contribution in [0.2, 0.25) is 0 Å². The second kappa shape index (κ2) is 10.7. The zero-order chi connectivity index (χ0) is 24.1. The molecule has 0 unspecified atom stereocenters. The number of ether oxygens (including phenoxy) is 1. The van der Waals surface area contributed by atoms with Crippen molar-refractivity contribution in [2.24, 2.45) is 11.8 Å². The Kier molecular flexibility index (Phi) is 7.53. The second-order valence-corrected chi connectivity index (χ2v) is 9.07. The minimum absolute atomic E-state index is 0.206. The Bertz CT molecular complexity index is 1200. The Morgan fingerprint density at radius 3 is 2.44 bits per heavy atom. The molecule has 1 N–H and O–H groups in total. The maximum Gasteiger partial charge on any atom is 0.329 e. The van der Waals surface area contributed by atoms with E-state index in [0.29, 0.717) is 35.9 Å². The van der Waals surface area contributed by atoms with Crippen LogP contribution < -0.4 is 5.56 Å². The first-order valence-electron chi connectivity index (χ1n) is 11.6. The molecule has 1 heterocycles. The third-order valence-electron chi connectivity index (χ3n) is 6.44. The number of aliphatic carboxylic acids is 1. The first-order valence-corrected chi connectivity index (χ1v) is 11.6. The van der Waals surface area contributed by atoms with Crippen molar-refractivity contribution in [1.29, 1.82) is 0 Å². The molecule has 1 saturated carbocycles.